The third-order valence-electron chi connectivity index (χ3n) is 5.01. The van der Waals surface area contributed by atoms with Gasteiger partial charge in [0.05, 0.1) is 24.3 Å². The predicted molar refractivity (Wildman–Crippen MR) is 112 cm³/mol. The molecular weight excluding hydrogens is 366 g/mol. The first-order chi connectivity index (χ1) is 14.1. The topological polar surface area (TPSA) is 86.6 Å². The number of aliphatic imine (C=N–C) groups is 1. The number of rotatable bonds is 2. The van der Waals surface area contributed by atoms with E-state index in [0.29, 0.717) is 5.82 Å². The van der Waals surface area contributed by atoms with Crippen LogP contribution in [0, 0.1) is 13.8 Å². The van der Waals surface area contributed by atoms with Crippen LogP contribution in [0.1, 0.15) is 23.2 Å². The van der Waals surface area contributed by atoms with Crippen LogP contribution < -0.4 is 5.32 Å². The summed E-state index contributed by atoms with van der Waals surface area (Å²) in [5.41, 5.74) is 3.73. The zero-order chi connectivity index (χ0) is 20.2. The number of hydrogen-bond donors (Lipinski definition) is 1. The maximum atomic E-state index is 13.0. The first-order valence-corrected chi connectivity index (χ1v) is 9.56. The van der Waals surface area contributed by atoms with Crippen molar-refractivity contribution in [3.8, 4) is 0 Å². The minimum Gasteiger partial charge on any atom is -0.375 e. The smallest absolute Gasteiger partial charge is 0.328 e. The van der Waals surface area contributed by atoms with Gasteiger partial charge in [0.15, 0.2) is 5.82 Å². The molecule has 148 valence electrons. The summed E-state index contributed by atoms with van der Waals surface area (Å²) in [6.07, 6.45) is 15.0. The van der Waals surface area contributed by atoms with Crippen molar-refractivity contribution in [3.05, 3.63) is 66.0 Å². The van der Waals surface area contributed by atoms with Gasteiger partial charge in [0.1, 0.15) is 0 Å². The molecule has 0 saturated carbocycles. The molecule has 1 atom stereocenters. The summed E-state index contributed by atoms with van der Waals surface area (Å²) < 4.78 is 0. The van der Waals surface area contributed by atoms with Crippen molar-refractivity contribution in [2.24, 2.45) is 4.99 Å². The highest BCUT2D eigenvalue weighted by Crippen LogP contribution is 2.23. The fraction of sp³-hybridized carbons (Fsp3) is 0.286. The monoisotopic (exact) mass is 389 g/mol. The quantitative estimate of drug-likeness (QED) is 0.853. The summed E-state index contributed by atoms with van der Waals surface area (Å²) in [6, 6.07) is 1.77. The van der Waals surface area contributed by atoms with Crippen LogP contribution in [-0.4, -0.2) is 56.3 Å². The summed E-state index contributed by atoms with van der Waals surface area (Å²) in [5.74, 6) is 0.411. The van der Waals surface area contributed by atoms with E-state index in [1.165, 1.54) is 6.20 Å². The minimum absolute atomic E-state index is 0.0275. The van der Waals surface area contributed by atoms with Gasteiger partial charge in [-0.3, -0.25) is 20.2 Å². The number of pyridine rings is 1. The summed E-state index contributed by atoms with van der Waals surface area (Å²) in [4.78, 5) is 34.0. The molecule has 4 heterocycles. The number of carbonyl (C=O) groups excluding carboxylic acids is 1. The molecule has 2 aliphatic rings. The molecular formula is C21H23N7O. The van der Waals surface area contributed by atoms with Gasteiger partial charge in [-0.15, -0.1) is 0 Å². The van der Waals surface area contributed by atoms with Gasteiger partial charge in [0, 0.05) is 42.9 Å². The molecule has 1 fully saturated rings. The molecule has 0 aromatic carbocycles. The van der Waals surface area contributed by atoms with Crippen LogP contribution in [0.3, 0.4) is 0 Å². The van der Waals surface area contributed by atoms with Crippen molar-refractivity contribution in [1.82, 2.24) is 24.8 Å². The molecule has 0 radical (unpaired) electrons. The van der Waals surface area contributed by atoms with Crippen molar-refractivity contribution >= 4 is 23.9 Å². The Bertz CT molecular complexity index is 984. The SMILES string of the molecule is Cc1cc(C2=CC=CN3CC[C@@H](C3)N(C(=O)Nc3cnccn3)C=N2)c(C)cn1. The zero-order valence-corrected chi connectivity index (χ0v) is 16.5. The number of nitrogens with one attached hydrogen (secondary N) is 1. The Morgan fingerprint density at radius 3 is 2.93 bits per heavy atom. The molecule has 2 bridgehead atoms. The fourth-order valence-electron chi connectivity index (χ4n) is 3.47. The second-order valence-corrected chi connectivity index (χ2v) is 7.14. The molecule has 2 aliphatic heterocycles. The standard InChI is InChI=1S/C21H23N7O/c1-15-11-24-16(2)10-18(15)19-4-3-8-27-9-5-17(13-27)28(14-25-19)21(29)26-20-12-22-6-7-23-20/h3-4,6-8,10-12,14,17H,5,9,13H2,1-2H3,(H,23,26,29)/t17-/m0/s1. The van der Waals surface area contributed by atoms with Crippen LogP contribution in [0.25, 0.3) is 5.70 Å². The third kappa shape index (κ3) is 4.31. The minimum atomic E-state index is -0.271. The Morgan fingerprint density at radius 2 is 2.10 bits per heavy atom. The molecule has 0 spiro atoms. The van der Waals surface area contributed by atoms with Gasteiger partial charge in [0.2, 0.25) is 0 Å². The number of urea groups is 1. The lowest BCUT2D eigenvalue weighted by atomic mass is 10.1. The number of hydrogen-bond acceptors (Lipinski definition) is 6. The van der Waals surface area contributed by atoms with Crippen molar-refractivity contribution in [2.45, 2.75) is 26.3 Å². The largest absolute Gasteiger partial charge is 0.375 e. The second-order valence-electron chi connectivity index (χ2n) is 7.14. The van der Waals surface area contributed by atoms with Crippen molar-refractivity contribution < 1.29 is 4.79 Å². The molecule has 29 heavy (non-hydrogen) atoms. The third-order valence-corrected chi connectivity index (χ3v) is 5.01. The van der Waals surface area contributed by atoms with Crippen LogP contribution in [0.5, 0.6) is 0 Å². The Morgan fingerprint density at radius 1 is 1.21 bits per heavy atom. The van der Waals surface area contributed by atoms with Crippen LogP contribution in [-0.2, 0) is 0 Å². The average Bonchev–Trinajstić information content (AvgIpc) is 3.17. The fourth-order valence-corrected chi connectivity index (χ4v) is 3.47. The maximum Gasteiger partial charge on any atom is 0.328 e. The molecule has 2 aromatic rings. The number of aryl methyl sites for hydroxylation is 2. The number of allylic oxidation sites excluding steroid dienone is 2. The van der Waals surface area contributed by atoms with E-state index >= 15 is 0 Å². The lowest BCUT2D eigenvalue weighted by Gasteiger charge is -2.25. The van der Waals surface area contributed by atoms with E-state index < -0.39 is 0 Å². The first kappa shape index (κ1) is 18.8. The van der Waals surface area contributed by atoms with Crippen molar-refractivity contribution in [3.63, 3.8) is 0 Å². The number of fused-ring (bicyclic) bond motifs is 2. The summed E-state index contributed by atoms with van der Waals surface area (Å²) in [5, 5.41) is 2.81. The van der Waals surface area contributed by atoms with Gasteiger partial charge < -0.3 is 4.90 Å². The highest BCUT2D eigenvalue weighted by molar-refractivity contribution is 5.97. The highest BCUT2D eigenvalue weighted by atomic mass is 16.2. The lowest BCUT2D eigenvalue weighted by molar-refractivity contribution is 0.223. The average molecular weight is 389 g/mol. The van der Waals surface area contributed by atoms with Gasteiger partial charge in [0.25, 0.3) is 0 Å². The van der Waals surface area contributed by atoms with E-state index in [2.05, 4.69) is 36.4 Å². The number of amides is 2. The maximum absolute atomic E-state index is 13.0. The Balaban J connectivity index is 1.67. The van der Waals surface area contributed by atoms with Crippen molar-refractivity contribution in [2.75, 3.05) is 18.4 Å². The molecule has 8 heteroatoms. The van der Waals surface area contributed by atoms with Crippen molar-refractivity contribution in [1.29, 1.82) is 0 Å². The summed E-state index contributed by atoms with van der Waals surface area (Å²) in [6.45, 7) is 5.61. The van der Waals surface area contributed by atoms with E-state index in [1.54, 1.807) is 23.6 Å². The molecule has 1 N–H and O–H groups in total. The molecule has 8 nitrogen and oxygen atoms in total. The summed E-state index contributed by atoms with van der Waals surface area (Å²) in [7, 11) is 0. The number of carbonyl (C=O) groups is 1. The van der Waals surface area contributed by atoms with Crippen LogP contribution in [0.15, 0.2) is 54.2 Å². The molecule has 0 unspecified atom stereocenters. The lowest BCUT2D eigenvalue weighted by Crippen LogP contribution is -2.43. The number of aromatic nitrogens is 3. The summed E-state index contributed by atoms with van der Waals surface area (Å²) >= 11 is 0. The molecule has 4 rings (SSSR count). The predicted octanol–water partition coefficient (Wildman–Crippen LogP) is 2.99. The van der Waals surface area contributed by atoms with Crippen LogP contribution in [0.2, 0.25) is 0 Å². The van der Waals surface area contributed by atoms with Gasteiger partial charge in [-0.25, -0.2) is 14.8 Å². The molecule has 2 aromatic heterocycles. The van der Waals surface area contributed by atoms with Gasteiger partial charge in [-0.1, -0.05) is 0 Å². The molecule has 0 aliphatic carbocycles. The van der Waals surface area contributed by atoms with Crippen LogP contribution in [0.4, 0.5) is 10.6 Å². The van der Waals surface area contributed by atoms with E-state index in [9.17, 15) is 4.79 Å². The normalized spacial score (nSPS) is 18.6. The Labute approximate surface area is 169 Å². The first-order valence-electron chi connectivity index (χ1n) is 9.56. The molecule has 1 saturated heterocycles. The zero-order valence-electron chi connectivity index (χ0n) is 16.5. The van der Waals surface area contributed by atoms with Gasteiger partial charge in [-0.05, 0) is 50.3 Å². The van der Waals surface area contributed by atoms with E-state index in [-0.39, 0.29) is 12.1 Å². The van der Waals surface area contributed by atoms with E-state index in [1.807, 2.05) is 38.3 Å². The second kappa shape index (κ2) is 8.22. The Hall–Kier alpha value is -3.55. The van der Waals surface area contributed by atoms with Gasteiger partial charge in [-0.2, -0.15) is 0 Å². The van der Waals surface area contributed by atoms with Crippen LogP contribution >= 0.6 is 0 Å². The number of nitrogens with zero attached hydrogens (tertiary/aromatic N) is 6. The molecule has 2 amide bonds. The van der Waals surface area contributed by atoms with Gasteiger partial charge >= 0.3 is 6.03 Å². The van der Waals surface area contributed by atoms with E-state index in [0.717, 1.165) is 42.0 Å². The number of anilines is 1. The Kier molecular flexibility index (Phi) is 5.33. The van der Waals surface area contributed by atoms with E-state index in [4.69, 9.17) is 0 Å². The highest BCUT2D eigenvalue weighted by Gasteiger charge is 2.29.